The molecule has 35 heavy (non-hydrogen) atoms. The van der Waals surface area contributed by atoms with Gasteiger partial charge in [-0.1, -0.05) is 40.2 Å². The second kappa shape index (κ2) is 11.6. The summed E-state index contributed by atoms with van der Waals surface area (Å²) < 4.78 is 17.6. The summed E-state index contributed by atoms with van der Waals surface area (Å²) in [5.74, 6) is 0.658. The van der Waals surface area contributed by atoms with Crippen molar-refractivity contribution in [1.29, 1.82) is 0 Å². The first-order valence-corrected chi connectivity index (χ1v) is 12.4. The van der Waals surface area contributed by atoms with Crippen LogP contribution in [0.15, 0.2) is 81.7 Å². The van der Waals surface area contributed by atoms with Crippen LogP contribution in [0.3, 0.4) is 0 Å². The fourth-order valence-corrected chi connectivity index (χ4v) is 4.10. The summed E-state index contributed by atoms with van der Waals surface area (Å²) in [6.07, 6.45) is 1.65. The van der Waals surface area contributed by atoms with E-state index in [-0.39, 0.29) is 0 Å². The Hall–Kier alpha value is -3.69. The number of benzene rings is 3. The zero-order chi connectivity index (χ0) is 24.6. The molecule has 0 fully saturated rings. The van der Waals surface area contributed by atoms with E-state index in [4.69, 9.17) is 14.2 Å². The lowest BCUT2D eigenvalue weighted by molar-refractivity contribution is 0.0725. The van der Waals surface area contributed by atoms with Crippen LogP contribution in [0.2, 0.25) is 0 Å². The molecule has 0 amide bonds. The van der Waals surface area contributed by atoms with Gasteiger partial charge in [-0.15, -0.1) is 11.3 Å². The maximum Gasteiger partial charge on any atom is 0.347 e. The molecule has 9 heteroatoms. The molecule has 4 aromatic rings. The topological polar surface area (TPSA) is 82.0 Å². The van der Waals surface area contributed by atoms with Crippen molar-refractivity contribution in [1.82, 2.24) is 4.98 Å². The van der Waals surface area contributed by atoms with Crippen molar-refractivity contribution in [2.45, 2.75) is 6.92 Å². The van der Waals surface area contributed by atoms with Crippen molar-refractivity contribution in [2.75, 3.05) is 19.1 Å². The molecule has 0 spiro atoms. The standard InChI is InChI=1S/C26H22BrN3O4S/c1-3-33-24-14-17(8-13-23(24)34-25(31)20-6-4-5-7-22(20)32-2)15-28-30-26-29-21(16-35-26)18-9-11-19(27)12-10-18/h4-16H,3H2,1-2H3,(H,29,30)/b28-15+. The number of methoxy groups -OCH3 is 1. The van der Waals surface area contributed by atoms with E-state index < -0.39 is 5.97 Å². The third-order valence-corrected chi connectivity index (χ3v) is 6.09. The van der Waals surface area contributed by atoms with Gasteiger partial charge in [0.1, 0.15) is 11.3 Å². The van der Waals surface area contributed by atoms with Gasteiger partial charge in [0.25, 0.3) is 0 Å². The number of nitrogens with one attached hydrogen (secondary N) is 1. The maximum atomic E-state index is 12.7. The molecule has 0 atom stereocenters. The van der Waals surface area contributed by atoms with Crippen LogP contribution in [0.1, 0.15) is 22.8 Å². The zero-order valence-corrected chi connectivity index (χ0v) is 21.4. The van der Waals surface area contributed by atoms with Gasteiger partial charge in [-0.2, -0.15) is 5.10 Å². The molecular weight excluding hydrogens is 530 g/mol. The molecule has 0 saturated heterocycles. The van der Waals surface area contributed by atoms with Crippen LogP contribution in [-0.4, -0.2) is 30.9 Å². The van der Waals surface area contributed by atoms with Crippen LogP contribution in [0.25, 0.3) is 11.3 Å². The summed E-state index contributed by atoms with van der Waals surface area (Å²) in [6.45, 7) is 2.27. The highest BCUT2D eigenvalue weighted by molar-refractivity contribution is 9.10. The highest BCUT2D eigenvalue weighted by Crippen LogP contribution is 2.30. The van der Waals surface area contributed by atoms with Crippen LogP contribution >= 0.6 is 27.3 Å². The van der Waals surface area contributed by atoms with Crippen molar-refractivity contribution in [3.63, 3.8) is 0 Å². The van der Waals surface area contributed by atoms with Gasteiger partial charge in [0.15, 0.2) is 11.5 Å². The number of rotatable bonds is 9. The monoisotopic (exact) mass is 551 g/mol. The number of ether oxygens (including phenoxy) is 3. The van der Waals surface area contributed by atoms with Crippen LogP contribution < -0.4 is 19.6 Å². The number of hydrazone groups is 1. The average molecular weight is 552 g/mol. The molecule has 1 aromatic heterocycles. The number of anilines is 1. The number of carbonyl (C=O) groups is 1. The lowest BCUT2D eigenvalue weighted by Gasteiger charge is -2.12. The fraction of sp³-hybridized carbons (Fsp3) is 0.115. The second-order valence-corrected chi connectivity index (χ2v) is 8.92. The van der Waals surface area contributed by atoms with E-state index in [9.17, 15) is 4.79 Å². The molecule has 1 N–H and O–H groups in total. The number of para-hydroxylation sites is 1. The van der Waals surface area contributed by atoms with Gasteiger partial charge < -0.3 is 14.2 Å². The maximum absolute atomic E-state index is 12.7. The van der Waals surface area contributed by atoms with Gasteiger partial charge in [0, 0.05) is 15.4 Å². The molecule has 0 radical (unpaired) electrons. The third-order valence-electron chi connectivity index (χ3n) is 4.82. The summed E-state index contributed by atoms with van der Waals surface area (Å²) in [5, 5.41) is 6.92. The predicted molar refractivity (Wildman–Crippen MR) is 142 cm³/mol. The Morgan fingerprint density at radius 1 is 1.09 bits per heavy atom. The Morgan fingerprint density at radius 2 is 1.89 bits per heavy atom. The van der Waals surface area contributed by atoms with Crippen molar-refractivity contribution in [3.05, 3.63) is 87.7 Å². The van der Waals surface area contributed by atoms with Gasteiger partial charge in [-0.05, 0) is 55.0 Å². The fourth-order valence-electron chi connectivity index (χ4n) is 3.17. The average Bonchev–Trinajstić information content (AvgIpc) is 3.35. The number of nitrogens with zero attached hydrogens (tertiary/aromatic N) is 2. The van der Waals surface area contributed by atoms with Gasteiger partial charge >= 0.3 is 5.97 Å². The minimum Gasteiger partial charge on any atom is -0.496 e. The highest BCUT2D eigenvalue weighted by Gasteiger charge is 2.17. The van der Waals surface area contributed by atoms with E-state index >= 15 is 0 Å². The number of aromatic nitrogens is 1. The van der Waals surface area contributed by atoms with Crippen LogP contribution in [-0.2, 0) is 0 Å². The van der Waals surface area contributed by atoms with E-state index in [0.29, 0.717) is 34.6 Å². The number of halogens is 1. The van der Waals surface area contributed by atoms with Gasteiger partial charge in [-0.25, -0.2) is 9.78 Å². The quantitative estimate of drug-likeness (QED) is 0.108. The third kappa shape index (κ3) is 6.26. The van der Waals surface area contributed by atoms with E-state index in [1.165, 1.54) is 18.4 Å². The smallest absolute Gasteiger partial charge is 0.347 e. The lowest BCUT2D eigenvalue weighted by Crippen LogP contribution is -2.11. The molecular formula is C26H22BrN3O4S. The molecule has 3 aromatic carbocycles. The van der Waals surface area contributed by atoms with Crippen molar-refractivity contribution in [2.24, 2.45) is 5.10 Å². The van der Waals surface area contributed by atoms with Crippen molar-refractivity contribution in [3.8, 4) is 28.5 Å². The summed E-state index contributed by atoms with van der Waals surface area (Å²) in [6, 6.07) is 20.1. The van der Waals surface area contributed by atoms with E-state index in [0.717, 1.165) is 21.3 Å². The minimum atomic E-state index is -0.531. The van der Waals surface area contributed by atoms with Crippen LogP contribution in [0, 0.1) is 0 Å². The molecule has 178 valence electrons. The molecule has 1 heterocycles. The number of hydrogen-bond donors (Lipinski definition) is 1. The van der Waals surface area contributed by atoms with E-state index in [1.54, 1.807) is 48.7 Å². The Labute approximate surface area is 215 Å². The van der Waals surface area contributed by atoms with E-state index in [1.807, 2.05) is 36.6 Å². The number of hydrogen-bond acceptors (Lipinski definition) is 8. The Bertz CT molecular complexity index is 1340. The molecule has 7 nitrogen and oxygen atoms in total. The Morgan fingerprint density at radius 3 is 2.66 bits per heavy atom. The second-order valence-electron chi connectivity index (χ2n) is 7.14. The molecule has 0 bridgehead atoms. The largest absolute Gasteiger partial charge is 0.496 e. The number of esters is 1. The minimum absolute atomic E-state index is 0.312. The molecule has 0 saturated carbocycles. The SMILES string of the molecule is CCOc1cc(/C=N/Nc2nc(-c3ccc(Br)cc3)cs2)ccc1OC(=O)c1ccccc1OC. The zero-order valence-electron chi connectivity index (χ0n) is 19.0. The Balaban J connectivity index is 1.45. The van der Waals surface area contributed by atoms with Crippen molar-refractivity contribution < 1.29 is 19.0 Å². The van der Waals surface area contributed by atoms with Gasteiger partial charge in [0.2, 0.25) is 5.13 Å². The normalized spacial score (nSPS) is 10.8. The first-order valence-electron chi connectivity index (χ1n) is 10.7. The molecule has 4 rings (SSSR count). The van der Waals surface area contributed by atoms with Crippen LogP contribution in [0.5, 0.6) is 17.2 Å². The number of thiazole rings is 1. The molecule has 0 aliphatic rings. The molecule has 0 unspecified atom stereocenters. The first kappa shape index (κ1) is 24.4. The van der Waals surface area contributed by atoms with Crippen LogP contribution in [0.4, 0.5) is 5.13 Å². The van der Waals surface area contributed by atoms with E-state index in [2.05, 4.69) is 31.4 Å². The molecule has 0 aliphatic carbocycles. The summed E-state index contributed by atoms with van der Waals surface area (Å²) in [5.41, 5.74) is 5.96. The highest BCUT2D eigenvalue weighted by atomic mass is 79.9. The first-order chi connectivity index (χ1) is 17.1. The predicted octanol–water partition coefficient (Wildman–Crippen LogP) is 6.65. The van der Waals surface area contributed by atoms with Gasteiger partial charge in [-0.3, -0.25) is 5.43 Å². The molecule has 0 aliphatic heterocycles. The lowest BCUT2D eigenvalue weighted by atomic mass is 10.2. The van der Waals surface area contributed by atoms with Gasteiger partial charge in [0.05, 0.1) is 25.6 Å². The Kier molecular flexibility index (Phi) is 8.12. The summed E-state index contributed by atoms with van der Waals surface area (Å²) in [7, 11) is 1.51. The number of carbonyl (C=O) groups excluding carboxylic acids is 1. The summed E-state index contributed by atoms with van der Waals surface area (Å²) >= 11 is 4.90. The summed E-state index contributed by atoms with van der Waals surface area (Å²) in [4.78, 5) is 17.2. The van der Waals surface area contributed by atoms with Crippen molar-refractivity contribution >= 4 is 44.6 Å².